The summed E-state index contributed by atoms with van der Waals surface area (Å²) in [5.41, 5.74) is 0.537. The number of carbonyl (C=O) groups excluding carboxylic acids is 1. The molecular formula is C16H19N3OS. The van der Waals surface area contributed by atoms with Gasteiger partial charge in [0.2, 0.25) is 0 Å². The Labute approximate surface area is 128 Å². The summed E-state index contributed by atoms with van der Waals surface area (Å²) in [6, 6.07) is 6.78. The van der Waals surface area contributed by atoms with Gasteiger partial charge < -0.3 is 5.32 Å². The van der Waals surface area contributed by atoms with E-state index in [9.17, 15) is 4.79 Å². The van der Waals surface area contributed by atoms with Gasteiger partial charge in [-0.2, -0.15) is 0 Å². The summed E-state index contributed by atoms with van der Waals surface area (Å²) in [6.07, 6.45) is 2.40. The molecule has 0 radical (unpaired) electrons. The number of aromatic nitrogens is 1. The summed E-state index contributed by atoms with van der Waals surface area (Å²) in [4.78, 5) is 20.3. The number of carbonyl (C=O) groups is 1. The predicted octanol–water partition coefficient (Wildman–Crippen LogP) is 2.51. The minimum atomic E-state index is -0.0308. The average Bonchev–Trinajstić information content (AvgIpc) is 2.96. The van der Waals surface area contributed by atoms with E-state index in [2.05, 4.69) is 22.1 Å². The van der Waals surface area contributed by atoms with E-state index < -0.39 is 0 Å². The summed E-state index contributed by atoms with van der Waals surface area (Å²) in [5, 5.41) is 6.32. The van der Waals surface area contributed by atoms with Gasteiger partial charge in [-0.1, -0.05) is 0 Å². The monoisotopic (exact) mass is 301 g/mol. The number of nitrogens with one attached hydrogen (secondary N) is 1. The molecule has 0 spiro atoms. The minimum absolute atomic E-state index is 0.0308. The minimum Gasteiger partial charge on any atom is -0.346 e. The Bertz CT molecular complexity index is 683. The average molecular weight is 301 g/mol. The molecule has 1 N–H and O–H groups in total. The zero-order valence-corrected chi connectivity index (χ0v) is 12.9. The fraction of sp³-hybridized carbons (Fsp3) is 0.500. The number of hydrogen-bond donors (Lipinski definition) is 1. The van der Waals surface area contributed by atoms with Crippen molar-refractivity contribution in [2.75, 3.05) is 13.1 Å². The van der Waals surface area contributed by atoms with Crippen LogP contribution in [-0.2, 0) is 0 Å². The van der Waals surface area contributed by atoms with Crippen molar-refractivity contribution in [2.24, 2.45) is 5.92 Å². The first-order valence-electron chi connectivity index (χ1n) is 7.60. The highest BCUT2D eigenvalue weighted by Crippen LogP contribution is 2.32. The molecule has 3 aliphatic rings. The maximum atomic E-state index is 12.4. The summed E-state index contributed by atoms with van der Waals surface area (Å²) in [6.45, 7) is 4.45. The summed E-state index contributed by atoms with van der Waals surface area (Å²) in [7, 11) is 0. The third-order valence-corrected chi connectivity index (χ3v) is 5.74. The lowest BCUT2D eigenvalue weighted by atomic mass is 9.80. The van der Waals surface area contributed by atoms with Gasteiger partial charge in [0, 0.05) is 24.0 Å². The zero-order chi connectivity index (χ0) is 14.4. The maximum Gasteiger partial charge on any atom is 0.270 e. The van der Waals surface area contributed by atoms with Crippen LogP contribution in [0.3, 0.4) is 0 Å². The zero-order valence-electron chi connectivity index (χ0n) is 12.1. The third-order valence-electron chi connectivity index (χ3n) is 4.92. The predicted molar refractivity (Wildman–Crippen MR) is 84.6 cm³/mol. The molecule has 4 atom stereocenters. The maximum absolute atomic E-state index is 12.4. The highest BCUT2D eigenvalue weighted by molar-refractivity contribution is 7.16. The fourth-order valence-electron chi connectivity index (χ4n) is 3.67. The number of hydrogen-bond acceptors (Lipinski definition) is 4. The third kappa shape index (κ3) is 2.34. The van der Waals surface area contributed by atoms with Gasteiger partial charge in [-0.05, 0) is 55.8 Å². The molecule has 3 aliphatic heterocycles. The Kier molecular flexibility index (Phi) is 3.19. The lowest BCUT2D eigenvalue weighted by Gasteiger charge is -2.48. The number of amides is 1. The normalized spacial score (nSPS) is 31.5. The second-order valence-electron chi connectivity index (χ2n) is 6.22. The molecule has 3 fully saturated rings. The molecule has 4 nitrogen and oxygen atoms in total. The molecule has 0 aromatic carbocycles. The lowest BCUT2D eigenvalue weighted by molar-refractivity contribution is 0.0273. The van der Waals surface area contributed by atoms with E-state index in [1.165, 1.54) is 19.4 Å². The van der Waals surface area contributed by atoms with Crippen LogP contribution in [0.5, 0.6) is 0 Å². The van der Waals surface area contributed by atoms with Gasteiger partial charge >= 0.3 is 0 Å². The quantitative estimate of drug-likeness (QED) is 0.927. The van der Waals surface area contributed by atoms with E-state index in [0.29, 0.717) is 17.7 Å². The molecule has 5 rings (SSSR count). The number of nitrogens with zero attached hydrogens (tertiary/aromatic N) is 2. The molecule has 2 aromatic rings. The Morgan fingerprint density at radius 1 is 1.43 bits per heavy atom. The number of fused-ring (bicyclic) bond motifs is 4. The van der Waals surface area contributed by atoms with E-state index in [1.54, 1.807) is 11.3 Å². The SMILES string of the molecule is CC1CC2CCN1CC2NC(=O)c1ccc2ccsc2n1. The lowest BCUT2D eigenvalue weighted by Crippen LogP contribution is -2.60. The van der Waals surface area contributed by atoms with Crippen LogP contribution in [0.4, 0.5) is 0 Å². The Morgan fingerprint density at radius 3 is 3.10 bits per heavy atom. The molecule has 0 aliphatic carbocycles. The van der Waals surface area contributed by atoms with Crippen LogP contribution in [-0.4, -0.2) is 41.0 Å². The number of piperidine rings is 3. The van der Waals surface area contributed by atoms with Crippen LogP contribution in [0.1, 0.15) is 30.3 Å². The fourth-order valence-corrected chi connectivity index (χ4v) is 4.44. The van der Waals surface area contributed by atoms with Gasteiger partial charge in [0.25, 0.3) is 5.91 Å². The number of pyridine rings is 1. The molecule has 5 heterocycles. The largest absolute Gasteiger partial charge is 0.346 e. The number of thiophene rings is 1. The van der Waals surface area contributed by atoms with E-state index in [-0.39, 0.29) is 11.9 Å². The molecule has 0 saturated carbocycles. The molecule has 4 unspecified atom stereocenters. The van der Waals surface area contributed by atoms with Gasteiger partial charge in [-0.25, -0.2) is 4.98 Å². The van der Waals surface area contributed by atoms with Crippen LogP contribution in [0.25, 0.3) is 10.2 Å². The van der Waals surface area contributed by atoms with Gasteiger partial charge in [-0.15, -0.1) is 11.3 Å². The molecular weight excluding hydrogens is 282 g/mol. The van der Waals surface area contributed by atoms with Crippen LogP contribution < -0.4 is 5.32 Å². The Balaban J connectivity index is 1.50. The van der Waals surface area contributed by atoms with Crippen molar-refractivity contribution < 1.29 is 4.79 Å². The van der Waals surface area contributed by atoms with Crippen LogP contribution in [0.2, 0.25) is 0 Å². The summed E-state index contributed by atoms with van der Waals surface area (Å²) < 4.78 is 0. The molecule has 2 aromatic heterocycles. The first-order chi connectivity index (χ1) is 10.2. The van der Waals surface area contributed by atoms with Crippen molar-refractivity contribution in [3.05, 3.63) is 29.3 Å². The van der Waals surface area contributed by atoms with Gasteiger partial charge in [0.05, 0.1) is 0 Å². The van der Waals surface area contributed by atoms with Crippen LogP contribution >= 0.6 is 11.3 Å². The van der Waals surface area contributed by atoms with Crippen molar-refractivity contribution in [1.29, 1.82) is 0 Å². The molecule has 2 bridgehead atoms. The summed E-state index contributed by atoms with van der Waals surface area (Å²) >= 11 is 1.58. The van der Waals surface area contributed by atoms with Crippen LogP contribution in [0, 0.1) is 5.92 Å². The second-order valence-corrected chi connectivity index (χ2v) is 7.11. The highest BCUT2D eigenvalue weighted by Gasteiger charge is 2.38. The first-order valence-corrected chi connectivity index (χ1v) is 8.48. The van der Waals surface area contributed by atoms with E-state index >= 15 is 0 Å². The van der Waals surface area contributed by atoms with E-state index in [1.807, 2.05) is 23.6 Å². The van der Waals surface area contributed by atoms with E-state index in [0.717, 1.165) is 16.8 Å². The van der Waals surface area contributed by atoms with Crippen molar-refractivity contribution in [1.82, 2.24) is 15.2 Å². The van der Waals surface area contributed by atoms with Gasteiger partial charge in [0.15, 0.2) is 0 Å². The first kappa shape index (κ1) is 13.2. The van der Waals surface area contributed by atoms with E-state index in [4.69, 9.17) is 0 Å². The highest BCUT2D eigenvalue weighted by atomic mass is 32.1. The molecule has 5 heteroatoms. The second kappa shape index (κ2) is 5.07. The molecule has 3 saturated heterocycles. The standard InChI is InChI=1S/C16H19N3OS/c1-10-8-12-4-6-19(10)9-14(12)17-15(20)13-3-2-11-5-7-21-16(11)18-13/h2-3,5,7,10,12,14H,4,6,8-9H2,1H3,(H,17,20). The van der Waals surface area contributed by atoms with Crippen molar-refractivity contribution in [2.45, 2.75) is 31.8 Å². The Morgan fingerprint density at radius 2 is 2.33 bits per heavy atom. The van der Waals surface area contributed by atoms with Crippen LogP contribution in [0.15, 0.2) is 23.6 Å². The smallest absolute Gasteiger partial charge is 0.270 e. The molecule has 1 amide bonds. The molecule has 110 valence electrons. The van der Waals surface area contributed by atoms with Crippen molar-refractivity contribution >= 4 is 27.5 Å². The summed E-state index contributed by atoms with van der Waals surface area (Å²) in [5.74, 6) is 0.594. The topological polar surface area (TPSA) is 45.2 Å². The van der Waals surface area contributed by atoms with Gasteiger partial charge in [-0.3, -0.25) is 9.69 Å². The molecule has 21 heavy (non-hydrogen) atoms. The van der Waals surface area contributed by atoms with Crippen molar-refractivity contribution in [3.8, 4) is 0 Å². The van der Waals surface area contributed by atoms with Crippen molar-refractivity contribution in [3.63, 3.8) is 0 Å². The number of rotatable bonds is 2. The van der Waals surface area contributed by atoms with Gasteiger partial charge in [0.1, 0.15) is 10.5 Å². The Hall–Kier alpha value is -1.46.